The average molecular weight is 431 g/mol. The van der Waals surface area contributed by atoms with Crippen LogP contribution in [-0.2, 0) is 9.53 Å². The molecule has 8 heteroatoms. The van der Waals surface area contributed by atoms with Crippen molar-refractivity contribution >= 4 is 23.3 Å². The Hall–Kier alpha value is -2.45. The number of rotatable bonds is 6. The summed E-state index contributed by atoms with van der Waals surface area (Å²) in [5.74, 6) is -0.0300. The molecule has 1 aromatic carbocycles. The van der Waals surface area contributed by atoms with Crippen molar-refractivity contribution in [1.29, 1.82) is 0 Å². The van der Waals surface area contributed by atoms with E-state index >= 15 is 0 Å². The molecule has 0 radical (unpaired) electrons. The maximum Gasteiger partial charge on any atom is 0.407 e. The van der Waals surface area contributed by atoms with E-state index in [2.05, 4.69) is 20.5 Å². The van der Waals surface area contributed by atoms with E-state index in [0.29, 0.717) is 6.54 Å². The molecule has 1 atom stereocenters. The van der Waals surface area contributed by atoms with Gasteiger partial charge in [0.2, 0.25) is 5.91 Å². The Morgan fingerprint density at radius 3 is 2.53 bits per heavy atom. The lowest BCUT2D eigenvalue weighted by Gasteiger charge is -2.32. The quantitative estimate of drug-likeness (QED) is 0.734. The van der Waals surface area contributed by atoms with E-state index in [1.165, 1.54) is 11.3 Å². The third-order valence-electron chi connectivity index (χ3n) is 4.81. The van der Waals surface area contributed by atoms with E-state index in [9.17, 15) is 9.59 Å². The smallest absolute Gasteiger partial charge is 0.407 e. The minimum absolute atomic E-state index is 0.0300. The zero-order valence-corrected chi connectivity index (χ0v) is 18.6. The van der Waals surface area contributed by atoms with E-state index in [-0.39, 0.29) is 24.1 Å². The number of ether oxygens (including phenoxy) is 1. The first-order chi connectivity index (χ1) is 14.3. The lowest BCUT2D eigenvalue weighted by Crippen LogP contribution is -2.48. The lowest BCUT2D eigenvalue weighted by atomic mass is 10.0. The Bertz CT molecular complexity index is 813. The lowest BCUT2D eigenvalue weighted by molar-refractivity contribution is -0.123. The summed E-state index contributed by atoms with van der Waals surface area (Å²) >= 11 is 1.53. The van der Waals surface area contributed by atoms with Crippen LogP contribution in [0.15, 0.2) is 41.9 Å². The number of carbonyl (C=O) groups is 2. The van der Waals surface area contributed by atoms with Gasteiger partial charge < -0.3 is 15.4 Å². The number of nitrogens with zero attached hydrogens (tertiary/aromatic N) is 2. The van der Waals surface area contributed by atoms with Crippen LogP contribution in [0.1, 0.15) is 50.2 Å². The van der Waals surface area contributed by atoms with Crippen molar-refractivity contribution in [3.63, 3.8) is 0 Å². The van der Waals surface area contributed by atoms with Crippen LogP contribution in [-0.4, -0.2) is 53.2 Å². The monoisotopic (exact) mass is 430 g/mol. The SMILES string of the molecule is CC(C)(C)OC(=O)NC1CCN(CC(=O)NC(c2ccccc2)c2nccs2)CC1. The Labute approximate surface area is 181 Å². The summed E-state index contributed by atoms with van der Waals surface area (Å²) < 4.78 is 5.32. The highest BCUT2D eigenvalue weighted by Gasteiger charge is 2.26. The summed E-state index contributed by atoms with van der Waals surface area (Å²) in [5.41, 5.74) is 0.511. The van der Waals surface area contributed by atoms with Crippen molar-refractivity contribution < 1.29 is 14.3 Å². The zero-order valence-electron chi connectivity index (χ0n) is 17.8. The minimum Gasteiger partial charge on any atom is -0.444 e. The van der Waals surface area contributed by atoms with Crippen molar-refractivity contribution in [2.75, 3.05) is 19.6 Å². The van der Waals surface area contributed by atoms with Gasteiger partial charge in [-0.15, -0.1) is 11.3 Å². The second-order valence-electron chi connectivity index (χ2n) is 8.48. The third kappa shape index (κ3) is 6.81. The number of hydrogen-bond acceptors (Lipinski definition) is 6. The Morgan fingerprint density at radius 1 is 1.23 bits per heavy atom. The number of piperidine rings is 1. The predicted molar refractivity (Wildman–Crippen MR) is 117 cm³/mol. The molecule has 1 aliphatic heterocycles. The first-order valence-corrected chi connectivity index (χ1v) is 11.1. The van der Waals surface area contributed by atoms with Crippen LogP contribution in [0.25, 0.3) is 0 Å². The Balaban J connectivity index is 1.49. The number of hydrogen-bond donors (Lipinski definition) is 2. The maximum atomic E-state index is 12.7. The normalized spacial score (nSPS) is 16.6. The van der Waals surface area contributed by atoms with Crippen molar-refractivity contribution in [2.24, 2.45) is 0 Å². The summed E-state index contributed by atoms with van der Waals surface area (Å²) in [6.45, 7) is 7.38. The fourth-order valence-corrected chi connectivity index (χ4v) is 4.14. The number of nitrogens with one attached hydrogen (secondary N) is 2. The Kier molecular flexibility index (Phi) is 7.44. The van der Waals surface area contributed by atoms with Gasteiger partial charge in [-0.1, -0.05) is 30.3 Å². The molecule has 0 bridgehead atoms. The molecule has 1 unspecified atom stereocenters. The molecule has 2 amide bonds. The van der Waals surface area contributed by atoms with Gasteiger partial charge in [0.25, 0.3) is 0 Å². The molecule has 2 aromatic rings. The first kappa shape index (κ1) is 22.2. The van der Waals surface area contributed by atoms with Crippen LogP contribution in [0.3, 0.4) is 0 Å². The molecule has 0 aliphatic carbocycles. The van der Waals surface area contributed by atoms with E-state index in [1.54, 1.807) is 6.20 Å². The summed E-state index contributed by atoms with van der Waals surface area (Å²) in [7, 11) is 0. The van der Waals surface area contributed by atoms with Crippen molar-refractivity contribution in [2.45, 2.75) is 51.3 Å². The topological polar surface area (TPSA) is 83.6 Å². The fourth-order valence-electron chi connectivity index (χ4n) is 3.43. The summed E-state index contributed by atoms with van der Waals surface area (Å²) in [4.78, 5) is 31.2. The summed E-state index contributed by atoms with van der Waals surface area (Å²) in [6, 6.07) is 9.71. The molecule has 3 rings (SSSR count). The number of thiazole rings is 1. The van der Waals surface area contributed by atoms with Crippen LogP contribution in [0.2, 0.25) is 0 Å². The molecule has 1 fully saturated rings. The van der Waals surface area contributed by atoms with E-state index in [1.807, 2.05) is 56.5 Å². The summed E-state index contributed by atoms with van der Waals surface area (Å²) in [6.07, 6.45) is 2.96. The van der Waals surface area contributed by atoms with Gasteiger partial charge in [-0.2, -0.15) is 0 Å². The van der Waals surface area contributed by atoms with Gasteiger partial charge in [-0.25, -0.2) is 9.78 Å². The highest BCUT2D eigenvalue weighted by Crippen LogP contribution is 2.23. The molecular weight excluding hydrogens is 400 g/mol. The second kappa shape index (κ2) is 10.0. The van der Waals surface area contributed by atoms with Crippen molar-refractivity contribution in [3.05, 3.63) is 52.5 Å². The van der Waals surface area contributed by atoms with Crippen molar-refractivity contribution in [3.8, 4) is 0 Å². The van der Waals surface area contributed by atoms with Gasteiger partial charge in [-0.05, 0) is 39.2 Å². The van der Waals surface area contributed by atoms with E-state index in [4.69, 9.17) is 4.74 Å². The van der Waals surface area contributed by atoms with Gasteiger partial charge in [0.05, 0.1) is 6.54 Å². The number of aromatic nitrogens is 1. The van der Waals surface area contributed by atoms with Crippen LogP contribution < -0.4 is 10.6 Å². The number of carbonyl (C=O) groups excluding carboxylic acids is 2. The second-order valence-corrected chi connectivity index (χ2v) is 9.40. The molecule has 7 nitrogen and oxygen atoms in total. The summed E-state index contributed by atoms with van der Waals surface area (Å²) in [5, 5.41) is 8.84. The van der Waals surface area contributed by atoms with Crippen LogP contribution in [0.4, 0.5) is 4.79 Å². The molecule has 0 spiro atoms. The van der Waals surface area contributed by atoms with Crippen LogP contribution >= 0.6 is 11.3 Å². The molecule has 1 saturated heterocycles. The maximum absolute atomic E-state index is 12.7. The molecule has 2 heterocycles. The zero-order chi connectivity index (χ0) is 21.6. The van der Waals surface area contributed by atoms with Crippen LogP contribution in [0, 0.1) is 0 Å². The molecule has 2 N–H and O–H groups in total. The van der Waals surface area contributed by atoms with Gasteiger partial charge in [0, 0.05) is 30.7 Å². The number of amides is 2. The minimum atomic E-state index is -0.504. The number of alkyl carbamates (subject to hydrolysis) is 1. The largest absolute Gasteiger partial charge is 0.444 e. The standard InChI is InChI=1S/C22H30N4O3S/c1-22(2,3)29-21(28)24-17-9-12-26(13-10-17)15-18(27)25-19(20-23-11-14-30-20)16-7-5-4-6-8-16/h4-8,11,14,17,19H,9-10,12-13,15H2,1-3H3,(H,24,28)(H,25,27). The van der Waals surface area contributed by atoms with Gasteiger partial charge in [-0.3, -0.25) is 9.69 Å². The molecule has 1 aromatic heterocycles. The first-order valence-electron chi connectivity index (χ1n) is 10.3. The highest BCUT2D eigenvalue weighted by molar-refractivity contribution is 7.09. The molecule has 162 valence electrons. The average Bonchev–Trinajstić information content (AvgIpc) is 3.21. The Morgan fingerprint density at radius 2 is 1.93 bits per heavy atom. The number of benzene rings is 1. The van der Waals surface area contributed by atoms with E-state index < -0.39 is 5.60 Å². The van der Waals surface area contributed by atoms with E-state index in [0.717, 1.165) is 36.5 Å². The fraction of sp³-hybridized carbons (Fsp3) is 0.500. The number of likely N-dealkylation sites (tertiary alicyclic amines) is 1. The van der Waals surface area contributed by atoms with Gasteiger partial charge in [0.15, 0.2) is 0 Å². The molecule has 0 saturated carbocycles. The van der Waals surface area contributed by atoms with Crippen LogP contribution in [0.5, 0.6) is 0 Å². The third-order valence-corrected chi connectivity index (χ3v) is 5.65. The molecule has 1 aliphatic rings. The highest BCUT2D eigenvalue weighted by atomic mass is 32.1. The van der Waals surface area contributed by atoms with Gasteiger partial charge >= 0.3 is 6.09 Å². The predicted octanol–water partition coefficient (Wildman–Crippen LogP) is 3.34. The van der Waals surface area contributed by atoms with Crippen molar-refractivity contribution in [1.82, 2.24) is 20.5 Å². The molecular formula is C22H30N4O3S. The van der Waals surface area contributed by atoms with Gasteiger partial charge in [0.1, 0.15) is 16.7 Å². The molecule has 30 heavy (non-hydrogen) atoms.